The maximum atomic E-state index is 11.4. The molecule has 0 aromatic heterocycles. The molecule has 1 saturated heterocycles. The van der Waals surface area contributed by atoms with Crippen LogP contribution >= 0.6 is 0 Å². The summed E-state index contributed by atoms with van der Waals surface area (Å²) in [6.07, 6.45) is 2.94. The lowest BCUT2D eigenvalue weighted by Crippen LogP contribution is -2.31. The number of carbonyl (C=O) groups is 1. The van der Waals surface area contributed by atoms with E-state index in [0.717, 1.165) is 32.6 Å². The highest BCUT2D eigenvalue weighted by Crippen LogP contribution is 2.13. The Morgan fingerprint density at radius 3 is 2.93 bits per heavy atom. The van der Waals surface area contributed by atoms with Crippen molar-refractivity contribution in [1.82, 2.24) is 15.5 Å². The standard InChI is InChI=1S/C11H23N3O/c1-14(2)8-7-13-11(15)4-3-10-5-6-12-9-10/h10,12H,3-9H2,1-2H3,(H,13,15). The Kier molecular flexibility index (Phi) is 5.65. The van der Waals surface area contributed by atoms with Crippen LogP contribution in [-0.4, -0.2) is 51.1 Å². The van der Waals surface area contributed by atoms with Gasteiger partial charge in [0.15, 0.2) is 0 Å². The van der Waals surface area contributed by atoms with Gasteiger partial charge in [0.25, 0.3) is 0 Å². The van der Waals surface area contributed by atoms with E-state index in [1.807, 2.05) is 14.1 Å². The summed E-state index contributed by atoms with van der Waals surface area (Å²) < 4.78 is 0. The Morgan fingerprint density at radius 2 is 2.33 bits per heavy atom. The van der Waals surface area contributed by atoms with Crippen molar-refractivity contribution in [3.05, 3.63) is 0 Å². The Hall–Kier alpha value is -0.610. The van der Waals surface area contributed by atoms with Crippen molar-refractivity contribution < 1.29 is 4.79 Å². The first-order valence-electron chi connectivity index (χ1n) is 5.80. The normalized spacial score (nSPS) is 20.9. The fourth-order valence-electron chi connectivity index (χ4n) is 1.80. The first-order valence-corrected chi connectivity index (χ1v) is 5.80. The molecule has 15 heavy (non-hydrogen) atoms. The van der Waals surface area contributed by atoms with Crippen molar-refractivity contribution in [2.45, 2.75) is 19.3 Å². The smallest absolute Gasteiger partial charge is 0.220 e. The molecule has 0 saturated carbocycles. The monoisotopic (exact) mass is 213 g/mol. The van der Waals surface area contributed by atoms with E-state index in [-0.39, 0.29) is 5.91 Å². The first kappa shape index (κ1) is 12.5. The highest BCUT2D eigenvalue weighted by Gasteiger charge is 2.15. The molecule has 0 aromatic rings. The lowest BCUT2D eigenvalue weighted by molar-refractivity contribution is -0.121. The molecule has 0 aliphatic carbocycles. The van der Waals surface area contributed by atoms with E-state index < -0.39 is 0 Å². The third-order valence-corrected chi connectivity index (χ3v) is 2.82. The van der Waals surface area contributed by atoms with E-state index >= 15 is 0 Å². The van der Waals surface area contributed by atoms with Crippen LogP contribution in [0.2, 0.25) is 0 Å². The molecule has 1 aliphatic rings. The van der Waals surface area contributed by atoms with E-state index in [0.29, 0.717) is 12.3 Å². The highest BCUT2D eigenvalue weighted by molar-refractivity contribution is 5.75. The van der Waals surface area contributed by atoms with Crippen molar-refractivity contribution in [1.29, 1.82) is 0 Å². The predicted molar refractivity (Wildman–Crippen MR) is 61.8 cm³/mol. The minimum absolute atomic E-state index is 0.198. The molecule has 1 aliphatic heterocycles. The van der Waals surface area contributed by atoms with Gasteiger partial charge in [-0.25, -0.2) is 0 Å². The molecule has 1 atom stereocenters. The van der Waals surface area contributed by atoms with Crippen LogP contribution in [0.5, 0.6) is 0 Å². The number of carbonyl (C=O) groups excluding carboxylic acids is 1. The van der Waals surface area contributed by atoms with Gasteiger partial charge in [-0.15, -0.1) is 0 Å². The molecule has 2 N–H and O–H groups in total. The zero-order chi connectivity index (χ0) is 11.1. The minimum atomic E-state index is 0.198. The van der Waals surface area contributed by atoms with E-state index in [1.165, 1.54) is 6.42 Å². The number of likely N-dealkylation sites (N-methyl/N-ethyl adjacent to an activating group) is 1. The molecular weight excluding hydrogens is 190 g/mol. The topological polar surface area (TPSA) is 44.4 Å². The van der Waals surface area contributed by atoms with Crippen LogP contribution in [0.25, 0.3) is 0 Å². The number of nitrogens with one attached hydrogen (secondary N) is 2. The Bertz CT molecular complexity index is 188. The number of hydrogen-bond acceptors (Lipinski definition) is 3. The molecule has 1 amide bonds. The lowest BCUT2D eigenvalue weighted by atomic mass is 10.0. The molecule has 0 aromatic carbocycles. The van der Waals surface area contributed by atoms with Crippen LogP contribution in [0, 0.1) is 5.92 Å². The Balaban J connectivity index is 1.98. The second kappa shape index (κ2) is 6.80. The summed E-state index contributed by atoms with van der Waals surface area (Å²) in [5.41, 5.74) is 0. The van der Waals surface area contributed by atoms with Gasteiger partial charge in [0.2, 0.25) is 5.91 Å². The predicted octanol–water partition coefficient (Wildman–Crippen LogP) is 0.0539. The van der Waals surface area contributed by atoms with Crippen molar-refractivity contribution in [2.75, 3.05) is 40.3 Å². The van der Waals surface area contributed by atoms with Gasteiger partial charge in [-0.05, 0) is 45.9 Å². The molecule has 0 radical (unpaired) electrons. The molecule has 4 heteroatoms. The summed E-state index contributed by atoms with van der Waals surface area (Å²) in [4.78, 5) is 13.5. The third-order valence-electron chi connectivity index (χ3n) is 2.82. The van der Waals surface area contributed by atoms with Crippen LogP contribution in [0.15, 0.2) is 0 Å². The van der Waals surface area contributed by atoms with Crippen molar-refractivity contribution in [2.24, 2.45) is 5.92 Å². The van der Waals surface area contributed by atoms with E-state index in [4.69, 9.17) is 0 Å². The largest absolute Gasteiger partial charge is 0.355 e. The van der Waals surface area contributed by atoms with Gasteiger partial charge in [-0.3, -0.25) is 4.79 Å². The molecule has 1 fully saturated rings. The first-order chi connectivity index (χ1) is 7.18. The molecule has 4 nitrogen and oxygen atoms in total. The van der Waals surface area contributed by atoms with Crippen molar-refractivity contribution >= 4 is 5.91 Å². The Morgan fingerprint density at radius 1 is 1.53 bits per heavy atom. The zero-order valence-electron chi connectivity index (χ0n) is 9.88. The summed E-state index contributed by atoms with van der Waals surface area (Å²) in [6, 6.07) is 0. The van der Waals surface area contributed by atoms with E-state index in [2.05, 4.69) is 15.5 Å². The minimum Gasteiger partial charge on any atom is -0.355 e. The molecule has 1 unspecified atom stereocenters. The lowest BCUT2D eigenvalue weighted by Gasteiger charge is -2.11. The van der Waals surface area contributed by atoms with Crippen LogP contribution in [0.4, 0.5) is 0 Å². The van der Waals surface area contributed by atoms with Gasteiger partial charge in [0.05, 0.1) is 0 Å². The molecule has 0 spiro atoms. The second-order valence-corrected chi connectivity index (χ2v) is 4.55. The van der Waals surface area contributed by atoms with Crippen LogP contribution in [0.3, 0.4) is 0 Å². The fraction of sp³-hybridized carbons (Fsp3) is 0.909. The van der Waals surface area contributed by atoms with Crippen molar-refractivity contribution in [3.8, 4) is 0 Å². The summed E-state index contributed by atoms with van der Waals surface area (Å²) in [7, 11) is 4.02. The molecule has 1 heterocycles. The van der Waals surface area contributed by atoms with Gasteiger partial charge in [0.1, 0.15) is 0 Å². The fourth-order valence-corrected chi connectivity index (χ4v) is 1.80. The summed E-state index contributed by atoms with van der Waals surface area (Å²) >= 11 is 0. The number of hydrogen-bond donors (Lipinski definition) is 2. The van der Waals surface area contributed by atoms with Gasteiger partial charge < -0.3 is 15.5 Å². The van der Waals surface area contributed by atoms with Gasteiger partial charge in [0, 0.05) is 19.5 Å². The maximum absolute atomic E-state index is 11.4. The molecule has 88 valence electrons. The van der Waals surface area contributed by atoms with Gasteiger partial charge in [-0.1, -0.05) is 0 Å². The summed E-state index contributed by atoms with van der Waals surface area (Å²) in [5, 5.41) is 6.25. The Labute approximate surface area is 92.4 Å². The van der Waals surface area contributed by atoms with Crippen LogP contribution in [-0.2, 0) is 4.79 Å². The van der Waals surface area contributed by atoms with Gasteiger partial charge in [-0.2, -0.15) is 0 Å². The quantitative estimate of drug-likeness (QED) is 0.655. The molecule has 1 rings (SSSR count). The molecular formula is C11H23N3O. The van der Waals surface area contributed by atoms with E-state index in [9.17, 15) is 4.79 Å². The third kappa shape index (κ3) is 5.74. The van der Waals surface area contributed by atoms with Crippen LogP contribution in [0.1, 0.15) is 19.3 Å². The molecule has 0 bridgehead atoms. The van der Waals surface area contributed by atoms with Gasteiger partial charge >= 0.3 is 0 Å². The highest BCUT2D eigenvalue weighted by atomic mass is 16.1. The average molecular weight is 213 g/mol. The zero-order valence-corrected chi connectivity index (χ0v) is 9.88. The summed E-state index contributed by atoms with van der Waals surface area (Å²) in [6.45, 7) is 3.88. The number of rotatable bonds is 6. The summed E-state index contributed by atoms with van der Waals surface area (Å²) in [5.74, 6) is 0.911. The average Bonchev–Trinajstić information content (AvgIpc) is 2.66. The van der Waals surface area contributed by atoms with E-state index in [1.54, 1.807) is 0 Å². The van der Waals surface area contributed by atoms with Crippen molar-refractivity contribution in [3.63, 3.8) is 0 Å². The number of nitrogens with zero attached hydrogens (tertiary/aromatic N) is 1. The SMILES string of the molecule is CN(C)CCNC(=O)CCC1CCNC1. The maximum Gasteiger partial charge on any atom is 0.220 e. The van der Waals surface area contributed by atoms with Crippen LogP contribution < -0.4 is 10.6 Å². The number of amides is 1. The second-order valence-electron chi connectivity index (χ2n) is 4.55.